The van der Waals surface area contributed by atoms with Crippen LogP contribution in [-0.4, -0.2) is 17.6 Å². The Morgan fingerprint density at radius 3 is 2.61 bits per heavy atom. The molecule has 116 valence electrons. The first-order chi connectivity index (χ1) is 11.2. The van der Waals surface area contributed by atoms with Gasteiger partial charge in [-0.2, -0.15) is 0 Å². The molecule has 1 amide bonds. The number of nitrogens with zero attached hydrogens (tertiary/aromatic N) is 1. The number of nitrogens with one attached hydrogen (secondary N) is 1. The minimum absolute atomic E-state index is 0.171. The average Bonchev–Trinajstić information content (AvgIpc) is 3.00. The quantitative estimate of drug-likeness (QED) is 0.433. The number of nitrogens with two attached hydrogens (primary N) is 1. The van der Waals surface area contributed by atoms with Gasteiger partial charge >= 0.3 is 0 Å². The van der Waals surface area contributed by atoms with Crippen molar-refractivity contribution in [3.63, 3.8) is 0 Å². The number of rotatable bonds is 4. The van der Waals surface area contributed by atoms with Gasteiger partial charge in [-0.15, -0.1) is 11.6 Å². The second-order valence-electron chi connectivity index (χ2n) is 4.89. The molecule has 0 bridgehead atoms. The summed E-state index contributed by atoms with van der Waals surface area (Å²) in [6, 6.07) is 16.1. The first kappa shape index (κ1) is 15.1. The number of furan rings is 1. The summed E-state index contributed by atoms with van der Waals surface area (Å²) in [5.41, 5.74) is 7.56. The van der Waals surface area contributed by atoms with Gasteiger partial charge in [-0.05, 0) is 36.4 Å². The van der Waals surface area contributed by atoms with Gasteiger partial charge in [-0.3, -0.25) is 4.79 Å². The van der Waals surface area contributed by atoms with Crippen LogP contribution in [0.1, 0.15) is 10.6 Å². The average molecular weight is 328 g/mol. The number of alkyl halides is 1. The molecule has 0 saturated heterocycles. The van der Waals surface area contributed by atoms with E-state index in [9.17, 15) is 4.79 Å². The number of amidine groups is 1. The van der Waals surface area contributed by atoms with Gasteiger partial charge in [0.15, 0.2) is 5.76 Å². The Balaban J connectivity index is 1.74. The zero-order chi connectivity index (χ0) is 16.2. The summed E-state index contributed by atoms with van der Waals surface area (Å²) in [7, 11) is 0. The summed E-state index contributed by atoms with van der Waals surface area (Å²) >= 11 is 5.58. The highest BCUT2D eigenvalue weighted by Crippen LogP contribution is 2.21. The van der Waals surface area contributed by atoms with Gasteiger partial charge in [0.05, 0.1) is 11.6 Å². The van der Waals surface area contributed by atoms with Gasteiger partial charge in [0, 0.05) is 11.1 Å². The predicted octanol–water partition coefficient (Wildman–Crippen LogP) is 3.91. The van der Waals surface area contributed by atoms with Crippen LogP contribution in [0.15, 0.2) is 64.0 Å². The van der Waals surface area contributed by atoms with E-state index in [2.05, 4.69) is 10.3 Å². The fraction of sp³-hybridized carbons (Fsp3) is 0.0588. The summed E-state index contributed by atoms with van der Waals surface area (Å²) in [5.74, 6) is 0.466. The monoisotopic (exact) mass is 327 g/mol. The number of para-hydroxylation sites is 1. The van der Waals surface area contributed by atoms with Crippen molar-refractivity contribution in [2.45, 2.75) is 0 Å². The summed E-state index contributed by atoms with van der Waals surface area (Å²) in [6.07, 6.45) is 0. The fourth-order valence-electron chi connectivity index (χ4n) is 2.10. The molecule has 0 spiro atoms. The fourth-order valence-corrected chi connectivity index (χ4v) is 2.16. The molecular weight excluding hydrogens is 314 g/mol. The van der Waals surface area contributed by atoms with Crippen molar-refractivity contribution < 1.29 is 9.21 Å². The number of halogens is 1. The zero-order valence-electron chi connectivity index (χ0n) is 12.1. The summed E-state index contributed by atoms with van der Waals surface area (Å²) < 4.78 is 5.53. The lowest BCUT2D eigenvalue weighted by atomic mass is 10.2. The molecule has 6 heteroatoms. The Hall–Kier alpha value is -2.79. The van der Waals surface area contributed by atoms with Crippen LogP contribution in [0.5, 0.6) is 0 Å². The first-order valence-corrected chi connectivity index (χ1v) is 7.48. The Kier molecular flexibility index (Phi) is 4.30. The molecule has 3 rings (SSSR count). The number of hydrogen-bond donors (Lipinski definition) is 2. The molecule has 3 aromatic rings. The van der Waals surface area contributed by atoms with Gasteiger partial charge in [0.2, 0.25) is 0 Å². The lowest BCUT2D eigenvalue weighted by Crippen LogP contribution is -2.12. The lowest BCUT2D eigenvalue weighted by molar-refractivity contribution is 0.0998. The van der Waals surface area contributed by atoms with E-state index in [1.807, 2.05) is 24.3 Å². The topological polar surface area (TPSA) is 80.6 Å². The van der Waals surface area contributed by atoms with Crippen LogP contribution in [-0.2, 0) is 0 Å². The van der Waals surface area contributed by atoms with Gasteiger partial charge in [0.1, 0.15) is 11.4 Å². The summed E-state index contributed by atoms with van der Waals surface area (Å²) in [4.78, 5) is 16.3. The third-order valence-electron chi connectivity index (χ3n) is 3.18. The van der Waals surface area contributed by atoms with E-state index in [1.165, 1.54) is 0 Å². The third kappa shape index (κ3) is 3.52. The van der Waals surface area contributed by atoms with E-state index in [1.54, 1.807) is 30.3 Å². The first-order valence-electron chi connectivity index (χ1n) is 6.95. The van der Waals surface area contributed by atoms with Gasteiger partial charge in [0.25, 0.3) is 5.91 Å². The molecule has 1 aromatic heterocycles. The minimum atomic E-state index is -0.308. The van der Waals surface area contributed by atoms with Crippen LogP contribution in [0.2, 0.25) is 0 Å². The SMILES string of the molecule is NC(CCl)=Nc1ccc(NC(=O)c2cc3ccccc3o2)cc1. The normalized spacial score (nSPS) is 11.6. The molecule has 1 heterocycles. The molecule has 5 nitrogen and oxygen atoms in total. The maximum atomic E-state index is 12.2. The van der Waals surface area contributed by atoms with E-state index in [-0.39, 0.29) is 17.5 Å². The highest BCUT2D eigenvalue weighted by molar-refractivity contribution is 6.28. The molecule has 2 aromatic carbocycles. The second-order valence-corrected chi connectivity index (χ2v) is 5.15. The van der Waals surface area contributed by atoms with Crippen molar-refractivity contribution in [1.82, 2.24) is 0 Å². The number of carbonyl (C=O) groups excluding carboxylic acids is 1. The molecule has 0 fully saturated rings. The lowest BCUT2D eigenvalue weighted by Gasteiger charge is -2.03. The highest BCUT2D eigenvalue weighted by atomic mass is 35.5. The minimum Gasteiger partial charge on any atom is -0.451 e. The van der Waals surface area contributed by atoms with E-state index >= 15 is 0 Å². The van der Waals surface area contributed by atoms with Crippen molar-refractivity contribution in [3.05, 3.63) is 60.4 Å². The van der Waals surface area contributed by atoms with Gasteiger partial charge in [-0.1, -0.05) is 18.2 Å². The summed E-state index contributed by atoms with van der Waals surface area (Å²) in [6.45, 7) is 0. The Morgan fingerprint density at radius 1 is 1.17 bits per heavy atom. The third-order valence-corrected chi connectivity index (χ3v) is 3.46. The van der Waals surface area contributed by atoms with Crippen molar-refractivity contribution >= 4 is 45.7 Å². The van der Waals surface area contributed by atoms with Crippen molar-refractivity contribution in [2.24, 2.45) is 10.7 Å². The number of amides is 1. The summed E-state index contributed by atoms with van der Waals surface area (Å²) in [5, 5.41) is 3.66. The van der Waals surface area contributed by atoms with Crippen LogP contribution >= 0.6 is 11.6 Å². The molecule has 0 aliphatic rings. The molecular formula is C17H14ClN3O2. The number of fused-ring (bicyclic) bond motifs is 1. The maximum absolute atomic E-state index is 12.2. The van der Waals surface area contributed by atoms with E-state index < -0.39 is 0 Å². The van der Waals surface area contributed by atoms with Crippen LogP contribution < -0.4 is 11.1 Å². The number of benzene rings is 2. The number of anilines is 1. The number of carbonyl (C=O) groups is 1. The van der Waals surface area contributed by atoms with Crippen LogP contribution in [0.4, 0.5) is 11.4 Å². The van der Waals surface area contributed by atoms with Crippen LogP contribution in [0.3, 0.4) is 0 Å². The van der Waals surface area contributed by atoms with E-state index in [0.717, 1.165) is 5.39 Å². The predicted molar refractivity (Wildman–Crippen MR) is 92.6 cm³/mol. The number of hydrogen-bond acceptors (Lipinski definition) is 3. The van der Waals surface area contributed by atoms with Crippen LogP contribution in [0.25, 0.3) is 11.0 Å². The molecule has 23 heavy (non-hydrogen) atoms. The van der Waals surface area contributed by atoms with E-state index in [0.29, 0.717) is 22.8 Å². The smallest absolute Gasteiger partial charge is 0.291 e. The number of aliphatic imine (C=N–C) groups is 1. The molecule has 0 aliphatic heterocycles. The van der Waals surface area contributed by atoms with Gasteiger partial charge < -0.3 is 15.5 Å². The maximum Gasteiger partial charge on any atom is 0.291 e. The Morgan fingerprint density at radius 2 is 1.91 bits per heavy atom. The van der Waals surface area contributed by atoms with E-state index in [4.69, 9.17) is 21.8 Å². The largest absolute Gasteiger partial charge is 0.451 e. The van der Waals surface area contributed by atoms with Crippen LogP contribution in [0, 0.1) is 0 Å². The van der Waals surface area contributed by atoms with Crippen molar-refractivity contribution in [2.75, 3.05) is 11.2 Å². The zero-order valence-corrected chi connectivity index (χ0v) is 12.9. The second kappa shape index (κ2) is 6.54. The Labute approximate surface area is 137 Å². The van der Waals surface area contributed by atoms with Crippen molar-refractivity contribution in [3.8, 4) is 0 Å². The molecule has 0 radical (unpaired) electrons. The Bertz CT molecular complexity index is 836. The molecule has 0 atom stereocenters. The van der Waals surface area contributed by atoms with Crippen molar-refractivity contribution in [1.29, 1.82) is 0 Å². The molecule has 0 aliphatic carbocycles. The molecule has 0 saturated carbocycles. The van der Waals surface area contributed by atoms with Gasteiger partial charge in [-0.25, -0.2) is 4.99 Å². The highest BCUT2D eigenvalue weighted by Gasteiger charge is 2.12. The molecule has 0 unspecified atom stereocenters. The molecule has 3 N–H and O–H groups in total. The standard InChI is InChI=1S/C17H14ClN3O2/c18-10-16(19)20-12-5-7-13(8-6-12)21-17(22)15-9-11-3-1-2-4-14(11)23-15/h1-9H,10H2,(H2,19,20)(H,21,22).